The van der Waals surface area contributed by atoms with Crippen LogP contribution in [-0.2, 0) is 0 Å². The van der Waals surface area contributed by atoms with E-state index in [4.69, 9.17) is 4.74 Å². The number of aromatic nitrogens is 1. The summed E-state index contributed by atoms with van der Waals surface area (Å²) in [6, 6.07) is 3.52. The van der Waals surface area contributed by atoms with Crippen LogP contribution in [0.1, 0.15) is 13.8 Å². The maximum atomic E-state index is 11.9. The van der Waals surface area contributed by atoms with E-state index in [-0.39, 0.29) is 6.03 Å². The predicted octanol–water partition coefficient (Wildman–Crippen LogP) is 1.29. The van der Waals surface area contributed by atoms with E-state index in [1.807, 2.05) is 13.8 Å². The average Bonchev–Trinajstić information content (AvgIpc) is 2.30. The molecule has 0 radical (unpaired) electrons. The Bertz CT molecular complexity index is 318. The Kier molecular flexibility index (Phi) is 4.09. The molecule has 0 aromatic carbocycles. The average molecular weight is 209 g/mol. The molecule has 0 atom stereocenters. The van der Waals surface area contributed by atoms with Crippen molar-refractivity contribution < 1.29 is 14.1 Å². The van der Waals surface area contributed by atoms with Gasteiger partial charge in [0.2, 0.25) is 0 Å². The molecule has 0 fully saturated rings. The maximum Gasteiger partial charge on any atom is 0.497 e. The van der Waals surface area contributed by atoms with Crippen molar-refractivity contribution in [3.63, 3.8) is 0 Å². The Morgan fingerprint density at radius 1 is 1.33 bits per heavy atom. The topological polar surface area (TPSA) is 33.4 Å². The summed E-state index contributed by atoms with van der Waals surface area (Å²) >= 11 is 0. The van der Waals surface area contributed by atoms with E-state index >= 15 is 0 Å². The number of methoxy groups -OCH3 is 1. The lowest BCUT2D eigenvalue weighted by Gasteiger charge is -2.10. The Morgan fingerprint density at radius 3 is 2.27 bits per heavy atom. The lowest BCUT2D eigenvalue weighted by Crippen LogP contribution is -2.51. The summed E-state index contributed by atoms with van der Waals surface area (Å²) in [5.74, 6) is 0.749. The van der Waals surface area contributed by atoms with Crippen LogP contribution in [0.2, 0.25) is 0 Å². The molecule has 4 heteroatoms. The fourth-order valence-corrected chi connectivity index (χ4v) is 1.33. The zero-order chi connectivity index (χ0) is 11.3. The zero-order valence-electron chi connectivity index (χ0n) is 9.43. The molecule has 15 heavy (non-hydrogen) atoms. The summed E-state index contributed by atoms with van der Waals surface area (Å²) in [5, 5.41) is 0. The van der Waals surface area contributed by atoms with Crippen LogP contribution >= 0.6 is 0 Å². The second-order valence-corrected chi connectivity index (χ2v) is 3.10. The molecule has 82 valence electrons. The highest BCUT2D eigenvalue weighted by molar-refractivity contribution is 5.64. The van der Waals surface area contributed by atoms with E-state index in [2.05, 4.69) is 0 Å². The first kappa shape index (κ1) is 11.5. The highest BCUT2D eigenvalue weighted by atomic mass is 16.5. The minimum absolute atomic E-state index is 0.0114. The van der Waals surface area contributed by atoms with E-state index in [0.717, 1.165) is 5.75 Å². The van der Waals surface area contributed by atoms with Crippen LogP contribution in [0, 0.1) is 0 Å². The Morgan fingerprint density at radius 2 is 1.87 bits per heavy atom. The van der Waals surface area contributed by atoms with Crippen LogP contribution < -0.4 is 9.30 Å². The highest BCUT2D eigenvalue weighted by Crippen LogP contribution is 2.04. The van der Waals surface area contributed by atoms with Crippen LogP contribution in [0.15, 0.2) is 24.5 Å². The third kappa shape index (κ3) is 2.68. The van der Waals surface area contributed by atoms with Crippen molar-refractivity contribution in [2.24, 2.45) is 0 Å². The standard InChI is InChI=1S/C11H17N2O2/c1-4-12(5-2)11(14)13-8-6-10(15-3)7-9-13/h6-9H,4-5H2,1-3H3/q+1. The van der Waals surface area contributed by atoms with Gasteiger partial charge in [-0.15, -0.1) is 0 Å². The molecular weight excluding hydrogens is 192 g/mol. The van der Waals surface area contributed by atoms with Gasteiger partial charge in [-0.3, -0.25) is 0 Å². The molecule has 0 aliphatic rings. The summed E-state index contributed by atoms with van der Waals surface area (Å²) in [6.07, 6.45) is 3.42. The lowest BCUT2D eigenvalue weighted by molar-refractivity contribution is -0.578. The van der Waals surface area contributed by atoms with Crippen molar-refractivity contribution in [2.75, 3.05) is 20.2 Å². The summed E-state index contributed by atoms with van der Waals surface area (Å²) < 4.78 is 6.57. The third-order valence-electron chi connectivity index (χ3n) is 2.29. The van der Waals surface area contributed by atoms with Gasteiger partial charge in [-0.05, 0) is 13.8 Å². The molecular formula is C11H17N2O2+. The number of rotatable bonds is 3. The highest BCUT2D eigenvalue weighted by Gasteiger charge is 2.20. The summed E-state index contributed by atoms with van der Waals surface area (Å²) in [5.41, 5.74) is 0. The van der Waals surface area contributed by atoms with Crippen molar-refractivity contribution in [1.29, 1.82) is 0 Å². The monoisotopic (exact) mass is 209 g/mol. The minimum atomic E-state index is -0.0114. The summed E-state index contributed by atoms with van der Waals surface area (Å²) in [7, 11) is 1.60. The largest absolute Gasteiger partial charge is 0.497 e. The van der Waals surface area contributed by atoms with E-state index < -0.39 is 0 Å². The second kappa shape index (κ2) is 5.34. The van der Waals surface area contributed by atoms with Crippen LogP contribution in [-0.4, -0.2) is 31.1 Å². The minimum Gasteiger partial charge on any atom is -0.496 e. The molecule has 0 saturated heterocycles. The number of nitrogens with zero attached hydrogens (tertiary/aromatic N) is 2. The molecule has 0 spiro atoms. The van der Waals surface area contributed by atoms with Gasteiger partial charge in [-0.25, -0.2) is 4.90 Å². The number of hydrogen-bond donors (Lipinski definition) is 0. The van der Waals surface area contributed by atoms with Crippen molar-refractivity contribution in [3.05, 3.63) is 24.5 Å². The van der Waals surface area contributed by atoms with Gasteiger partial charge >= 0.3 is 6.03 Å². The van der Waals surface area contributed by atoms with Crippen LogP contribution in [0.4, 0.5) is 4.79 Å². The van der Waals surface area contributed by atoms with Gasteiger partial charge in [-0.2, -0.15) is 9.36 Å². The molecule has 1 rings (SSSR count). The number of amides is 1. The third-order valence-corrected chi connectivity index (χ3v) is 2.29. The first-order chi connectivity index (χ1) is 7.22. The number of pyridine rings is 1. The molecule has 1 aromatic rings. The molecule has 0 N–H and O–H groups in total. The Hall–Kier alpha value is -1.58. The van der Waals surface area contributed by atoms with Crippen LogP contribution in [0.25, 0.3) is 0 Å². The molecule has 0 aliphatic carbocycles. The van der Waals surface area contributed by atoms with Crippen molar-refractivity contribution in [3.8, 4) is 5.75 Å². The predicted molar refractivity (Wildman–Crippen MR) is 56.9 cm³/mol. The molecule has 0 saturated carbocycles. The van der Waals surface area contributed by atoms with Gasteiger partial charge in [0.1, 0.15) is 18.1 Å². The summed E-state index contributed by atoms with van der Waals surface area (Å²) in [6.45, 7) is 5.36. The molecule has 1 amide bonds. The van der Waals surface area contributed by atoms with Gasteiger partial charge in [0.05, 0.1) is 20.2 Å². The van der Waals surface area contributed by atoms with Gasteiger partial charge < -0.3 is 4.74 Å². The van der Waals surface area contributed by atoms with Crippen molar-refractivity contribution in [1.82, 2.24) is 4.90 Å². The first-order valence-corrected chi connectivity index (χ1v) is 5.07. The van der Waals surface area contributed by atoms with E-state index in [1.165, 1.54) is 0 Å². The van der Waals surface area contributed by atoms with Crippen molar-refractivity contribution >= 4 is 6.03 Å². The Balaban J connectivity index is 2.82. The van der Waals surface area contributed by atoms with Gasteiger partial charge in [0, 0.05) is 12.1 Å². The SMILES string of the molecule is CCN(CC)C(=O)[n+]1ccc(OC)cc1. The molecule has 0 unspecified atom stereocenters. The van der Waals surface area contributed by atoms with Gasteiger partial charge in [0.15, 0.2) is 0 Å². The van der Waals surface area contributed by atoms with E-state index in [1.54, 1.807) is 41.1 Å². The fraction of sp³-hybridized carbons (Fsp3) is 0.455. The molecule has 1 heterocycles. The normalized spacial score (nSPS) is 9.80. The van der Waals surface area contributed by atoms with E-state index in [0.29, 0.717) is 13.1 Å². The van der Waals surface area contributed by atoms with Crippen molar-refractivity contribution in [2.45, 2.75) is 13.8 Å². The van der Waals surface area contributed by atoms with Crippen LogP contribution in [0.3, 0.4) is 0 Å². The van der Waals surface area contributed by atoms with Gasteiger partial charge in [-0.1, -0.05) is 0 Å². The number of carbonyl (C=O) groups is 1. The fourth-order valence-electron chi connectivity index (χ4n) is 1.33. The molecule has 4 nitrogen and oxygen atoms in total. The molecule has 0 aliphatic heterocycles. The second-order valence-electron chi connectivity index (χ2n) is 3.10. The van der Waals surface area contributed by atoms with Gasteiger partial charge in [0.25, 0.3) is 0 Å². The quantitative estimate of drug-likeness (QED) is 0.703. The molecule has 0 bridgehead atoms. The smallest absolute Gasteiger partial charge is 0.496 e. The summed E-state index contributed by atoms with van der Waals surface area (Å²) in [4.78, 5) is 13.6. The number of hydrogen-bond acceptors (Lipinski definition) is 2. The first-order valence-electron chi connectivity index (χ1n) is 5.07. The zero-order valence-corrected chi connectivity index (χ0v) is 9.43. The number of carbonyl (C=O) groups excluding carboxylic acids is 1. The Labute approximate surface area is 90.1 Å². The lowest BCUT2D eigenvalue weighted by atomic mass is 10.4. The number of ether oxygens (including phenoxy) is 1. The van der Waals surface area contributed by atoms with E-state index in [9.17, 15) is 4.79 Å². The maximum absolute atomic E-state index is 11.9. The molecule has 1 aromatic heterocycles. The van der Waals surface area contributed by atoms with Crippen LogP contribution in [0.5, 0.6) is 5.75 Å².